The second-order valence-corrected chi connectivity index (χ2v) is 4.16. The molecule has 0 aliphatic rings. The predicted octanol–water partition coefficient (Wildman–Crippen LogP) is 2.16. The molecule has 1 heterocycles. The maximum atomic E-state index is 5.51. The molecule has 90 valence electrons. The van der Waals surface area contributed by atoms with Crippen LogP contribution in [-0.2, 0) is 9.47 Å². The fourth-order valence-electron chi connectivity index (χ4n) is 1.16. The van der Waals surface area contributed by atoms with Gasteiger partial charge in [-0.2, -0.15) is 0 Å². The molecule has 0 atom stereocenters. The van der Waals surface area contributed by atoms with Gasteiger partial charge >= 0.3 is 0 Å². The Hall–Kier alpha value is -0.780. The Morgan fingerprint density at radius 3 is 2.50 bits per heavy atom. The number of nitrogens with zero attached hydrogens (tertiary/aromatic N) is 1. The number of ether oxygens (including phenoxy) is 2. The van der Waals surface area contributed by atoms with Crippen LogP contribution >= 0.6 is 11.8 Å². The minimum atomic E-state index is -0.155. The molecule has 0 saturated carbocycles. The van der Waals surface area contributed by atoms with Crippen molar-refractivity contribution in [2.75, 3.05) is 24.7 Å². The smallest absolute Gasteiger partial charge is 0.166 e. The molecule has 16 heavy (non-hydrogen) atoms. The van der Waals surface area contributed by atoms with E-state index in [1.807, 2.05) is 19.9 Å². The number of hydrogen-bond donors (Lipinski definition) is 1. The lowest BCUT2D eigenvalue weighted by molar-refractivity contribution is -0.120. The Kier molecular flexibility index (Phi) is 6.22. The van der Waals surface area contributed by atoms with E-state index in [-0.39, 0.29) is 6.29 Å². The molecule has 0 aliphatic carbocycles. The standard InChI is InChI=1S/C11H18N2O2S/c1-3-14-11(15-4-2)8-16-9-5-6-10(12)13-7-9/h5-7,11H,3-4,8H2,1-2H3,(H2,12,13). The molecule has 0 aliphatic heterocycles. The number of hydrogen-bond acceptors (Lipinski definition) is 5. The van der Waals surface area contributed by atoms with Crippen LogP contribution in [0, 0.1) is 0 Å². The zero-order chi connectivity index (χ0) is 11.8. The summed E-state index contributed by atoms with van der Waals surface area (Å²) in [6, 6.07) is 3.74. The molecule has 0 radical (unpaired) electrons. The summed E-state index contributed by atoms with van der Waals surface area (Å²) in [5, 5.41) is 0. The van der Waals surface area contributed by atoms with Gasteiger partial charge in [0.05, 0.1) is 0 Å². The molecule has 2 N–H and O–H groups in total. The number of anilines is 1. The highest BCUT2D eigenvalue weighted by Gasteiger charge is 2.08. The first-order valence-electron chi connectivity index (χ1n) is 5.33. The normalized spacial score (nSPS) is 10.9. The van der Waals surface area contributed by atoms with Gasteiger partial charge in [-0.1, -0.05) is 0 Å². The van der Waals surface area contributed by atoms with Crippen LogP contribution in [0.1, 0.15) is 13.8 Å². The third-order valence-electron chi connectivity index (χ3n) is 1.85. The lowest BCUT2D eigenvalue weighted by Crippen LogP contribution is -2.19. The van der Waals surface area contributed by atoms with Gasteiger partial charge in [-0.15, -0.1) is 11.8 Å². The molecule has 0 bridgehead atoms. The average Bonchev–Trinajstić information content (AvgIpc) is 2.29. The zero-order valence-corrected chi connectivity index (χ0v) is 10.5. The summed E-state index contributed by atoms with van der Waals surface area (Å²) in [6.07, 6.45) is 1.60. The third-order valence-corrected chi connectivity index (χ3v) is 2.86. The van der Waals surface area contributed by atoms with Gasteiger partial charge in [0.2, 0.25) is 0 Å². The number of rotatable bonds is 7. The van der Waals surface area contributed by atoms with Crippen LogP contribution < -0.4 is 5.73 Å². The minimum Gasteiger partial charge on any atom is -0.384 e. The lowest BCUT2D eigenvalue weighted by Gasteiger charge is -2.16. The first kappa shape index (κ1) is 13.3. The van der Waals surface area contributed by atoms with Crippen molar-refractivity contribution in [3.63, 3.8) is 0 Å². The Balaban J connectivity index is 2.38. The van der Waals surface area contributed by atoms with E-state index in [0.717, 1.165) is 10.6 Å². The molecule has 5 heteroatoms. The quantitative estimate of drug-likeness (QED) is 0.586. The van der Waals surface area contributed by atoms with Crippen LogP contribution in [0.15, 0.2) is 23.2 Å². The monoisotopic (exact) mass is 242 g/mol. The molecule has 1 aromatic heterocycles. The van der Waals surface area contributed by atoms with E-state index in [1.54, 1.807) is 24.0 Å². The van der Waals surface area contributed by atoms with E-state index in [9.17, 15) is 0 Å². The van der Waals surface area contributed by atoms with Crippen LogP contribution in [0.4, 0.5) is 5.82 Å². The first-order chi connectivity index (χ1) is 7.76. The number of nitrogens with two attached hydrogens (primary N) is 1. The molecule has 4 nitrogen and oxygen atoms in total. The molecule has 0 saturated heterocycles. The summed E-state index contributed by atoms with van der Waals surface area (Å²) in [7, 11) is 0. The van der Waals surface area contributed by atoms with Gasteiger partial charge in [0, 0.05) is 30.1 Å². The fraction of sp³-hybridized carbons (Fsp3) is 0.545. The van der Waals surface area contributed by atoms with Gasteiger partial charge < -0.3 is 15.2 Å². The van der Waals surface area contributed by atoms with Gasteiger partial charge in [0.25, 0.3) is 0 Å². The van der Waals surface area contributed by atoms with Crippen molar-refractivity contribution < 1.29 is 9.47 Å². The Bertz CT molecular complexity index is 287. The summed E-state index contributed by atoms with van der Waals surface area (Å²) in [6.45, 7) is 5.24. The summed E-state index contributed by atoms with van der Waals surface area (Å²) >= 11 is 1.65. The SMILES string of the molecule is CCOC(CSc1ccc(N)nc1)OCC. The number of thioether (sulfide) groups is 1. The summed E-state index contributed by atoms with van der Waals surface area (Å²) in [5.74, 6) is 1.29. The van der Waals surface area contributed by atoms with Crippen molar-refractivity contribution >= 4 is 17.6 Å². The fourth-order valence-corrected chi connectivity index (χ4v) is 1.97. The topological polar surface area (TPSA) is 57.4 Å². The second-order valence-electron chi connectivity index (χ2n) is 3.07. The molecule has 0 spiro atoms. The van der Waals surface area contributed by atoms with Crippen molar-refractivity contribution in [1.29, 1.82) is 0 Å². The number of nitrogen functional groups attached to an aromatic ring is 1. The van der Waals surface area contributed by atoms with E-state index in [4.69, 9.17) is 15.2 Å². The average molecular weight is 242 g/mol. The van der Waals surface area contributed by atoms with E-state index >= 15 is 0 Å². The Labute approximate surface area is 101 Å². The highest BCUT2D eigenvalue weighted by Crippen LogP contribution is 2.19. The Morgan fingerprint density at radius 1 is 1.31 bits per heavy atom. The van der Waals surface area contributed by atoms with E-state index in [1.165, 1.54) is 0 Å². The van der Waals surface area contributed by atoms with E-state index < -0.39 is 0 Å². The zero-order valence-electron chi connectivity index (χ0n) is 9.68. The van der Waals surface area contributed by atoms with Crippen molar-refractivity contribution in [1.82, 2.24) is 4.98 Å². The summed E-state index contributed by atoms with van der Waals surface area (Å²) in [4.78, 5) is 5.09. The van der Waals surface area contributed by atoms with Crippen molar-refractivity contribution in [2.45, 2.75) is 25.0 Å². The summed E-state index contributed by atoms with van der Waals surface area (Å²) in [5.41, 5.74) is 5.51. The van der Waals surface area contributed by atoms with Gasteiger partial charge in [-0.25, -0.2) is 4.98 Å². The predicted molar refractivity (Wildman–Crippen MR) is 66.4 cm³/mol. The second kappa shape index (κ2) is 7.49. The molecule has 1 aromatic rings. The lowest BCUT2D eigenvalue weighted by atomic mass is 10.5. The van der Waals surface area contributed by atoms with Gasteiger partial charge in [0.1, 0.15) is 5.82 Å². The van der Waals surface area contributed by atoms with Crippen LogP contribution in [0.2, 0.25) is 0 Å². The van der Waals surface area contributed by atoms with Crippen LogP contribution in [0.25, 0.3) is 0 Å². The molecule has 1 rings (SSSR count). The Morgan fingerprint density at radius 2 is 2.00 bits per heavy atom. The van der Waals surface area contributed by atoms with Crippen LogP contribution in [0.5, 0.6) is 0 Å². The van der Waals surface area contributed by atoms with E-state index in [2.05, 4.69) is 4.98 Å². The number of pyridine rings is 1. The molecule has 0 fully saturated rings. The summed E-state index contributed by atoms with van der Waals surface area (Å²) < 4.78 is 10.9. The van der Waals surface area contributed by atoms with Crippen LogP contribution in [-0.4, -0.2) is 30.2 Å². The molecule has 0 amide bonds. The largest absolute Gasteiger partial charge is 0.384 e. The highest BCUT2D eigenvalue weighted by atomic mass is 32.2. The minimum absolute atomic E-state index is 0.155. The maximum Gasteiger partial charge on any atom is 0.166 e. The van der Waals surface area contributed by atoms with Gasteiger partial charge in [-0.05, 0) is 26.0 Å². The maximum absolute atomic E-state index is 5.51. The molecule has 0 unspecified atom stereocenters. The molecular weight excluding hydrogens is 224 g/mol. The van der Waals surface area contributed by atoms with Crippen molar-refractivity contribution in [3.05, 3.63) is 18.3 Å². The third kappa shape index (κ3) is 4.83. The van der Waals surface area contributed by atoms with Gasteiger partial charge in [-0.3, -0.25) is 0 Å². The molecular formula is C11H18N2O2S. The van der Waals surface area contributed by atoms with Gasteiger partial charge in [0.15, 0.2) is 6.29 Å². The number of aromatic nitrogens is 1. The first-order valence-corrected chi connectivity index (χ1v) is 6.32. The van der Waals surface area contributed by atoms with Crippen molar-refractivity contribution in [2.24, 2.45) is 0 Å². The van der Waals surface area contributed by atoms with Crippen molar-refractivity contribution in [3.8, 4) is 0 Å². The highest BCUT2D eigenvalue weighted by molar-refractivity contribution is 7.99. The van der Waals surface area contributed by atoms with E-state index in [0.29, 0.717) is 19.0 Å². The molecule has 0 aromatic carbocycles. The van der Waals surface area contributed by atoms with Crippen LogP contribution in [0.3, 0.4) is 0 Å².